The van der Waals surface area contributed by atoms with E-state index in [0.717, 1.165) is 0 Å². The summed E-state index contributed by atoms with van der Waals surface area (Å²) < 4.78 is 26.7. The van der Waals surface area contributed by atoms with Crippen LogP contribution in [0.2, 0.25) is 0 Å². The van der Waals surface area contributed by atoms with Gasteiger partial charge < -0.3 is 29.4 Å². The predicted molar refractivity (Wildman–Crippen MR) is 76.3 cm³/mol. The minimum absolute atomic E-state index is 0.0304. The van der Waals surface area contributed by atoms with Gasteiger partial charge in [-0.05, 0) is 19.9 Å². The van der Waals surface area contributed by atoms with E-state index in [1.54, 1.807) is 13.8 Å². The quantitative estimate of drug-likeness (QED) is 0.443. The first kappa shape index (κ1) is 17.2. The predicted octanol–water partition coefficient (Wildman–Crippen LogP) is 0.233. The molecule has 2 unspecified atom stereocenters. The van der Waals surface area contributed by atoms with E-state index in [2.05, 4.69) is 9.72 Å². The Kier molecular flexibility index (Phi) is 5.90. The van der Waals surface area contributed by atoms with Gasteiger partial charge in [0.25, 0.3) is 0 Å². The van der Waals surface area contributed by atoms with Crippen LogP contribution in [0.1, 0.15) is 20.1 Å². The number of nitrogen functional groups attached to an aromatic ring is 1. The van der Waals surface area contributed by atoms with Crippen LogP contribution in [0.3, 0.4) is 0 Å². The standard InChI is InChI=1S/C13H19N3O7/c1-8(2)22-13(18)21-7-19-6-11-20-5-10(23-11)16-4-3-9(14)15-12(16)17/h3-4,8,10-11H,5-7H2,1-2H3,(H2,14,15,17). The molecular formula is C13H19N3O7. The fraction of sp³-hybridized carbons (Fsp3) is 0.615. The van der Waals surface area contributed by atoms with E-state index in [1.165, 1.54) is 16.8 Å². The van der Waals surface area contributed by atoms with Crippen molar-refractivity contribution in [1.82, 2.24) is 9.55 Å². The third kappa shape index (κ3) is 5.20. The maximum absolute atomic E-state index is 11.7. The molecule has 1 fully saturated rings. The summed E-state index contributed by atoms with van der Waals surface area (Å²) in [6, 6.07) is 1.49. The lowest BCUT2D eigenvalue weighted by atomic mass is 10.5. The van der Waals surface area contributed by atoms with Gasteiger partial charge in [0.05, 0.1) is 12.7 Å². The van der Waals surface area contributed by atoms with Crippen molar-refractivity contribution in [3.63, 3.8) is 0 Å². The van der Waals surface area contributed by atoms with Crippen LogP contribution >= 0.6 is 0 Å². The van der Waals surface area contributed by atoms with Gasteiger partial charge in [0, 0.05) is 6.20 Å². The van der Waals surface area contributed by atoms with E-state index >= 15 is 0 Å². The van der Waals surface area contributed by atoms with E-state index in [1.807, 2.05) is 0 Å². The molecule has 2 atom stereocenters. The van der Waals surface area contributed by atoms with Crippen molar-refractivity contribution in [1.29, 1.82) is 0 Å². The first-order valence-electron chi connectivity index (χ1n) is 6.98. The Morgan fingerprint density at radius 2 is 2.35 bits per heavy atom. The van der Waals surface area contributed by atoms with Gasteiger partial charge >= 0.3 is 11.8 Å². The van der Waals surface area contributed by atoms with Gasteiger partial charge in [-0.2, -0.15) is 4.98 Å². The van der Waals surface area contributed by atoms with Gasteiger partial charge in [-0.3, -0.25) is 4.57 Å². The molecule has 0 spiro atoms. The first-order chi connectivity index (χ1) is 11.0. The van der Waals surface area contributed by atoms with Crippen LogP contribution in [0, 0.1) is 0 Å². The Balaban J connectivity index is 1.71. The zero-order chi connectivity index (χ0) is 16.8. The van der Waals surface area contributed by atoms with Crippen molar-refractivity contribution in [2.24, 2.45) is 0 Å². The number of hydrogen-bond acceptors (Lipinski definition) is 9. The second-order valence-electron chi connectivity index (χ2n) is 4.95. The highest BCUT2D eigenvalue weighted by Crippen LogP contribution is 2.19. The largest absolute Gasteiger partial charge is 0.510 e. The zero-order valence-electron chi connectivity index (χ0n) is 12.8. The summed E-state index contributed by atoms with van der Waals surface area (Å²) in [4.78, 5) is 26.4. The first-order valence-corrected chi connectivity index (χ1v) is 6.98. The summed E-state index contributed by atoms with van der Waals surface area (Å²) >= 11 is 0. The summed E-state index contributed by atoms with van der Waals surface area (Å²) in [6.07, 6.45) is -0.903. The van der Waals surface area contributed by atoms with E-state index in [4.69, 9.17) is 24.7 Å². The molecule has 0 aliphatic carbocycles. The lowest BCUT2D eigenvalue weighted by molar-refractivity contribution is -0.141. The number of hydrogen-bond donors (Lipinski definition) is 1. The normalized spacial score (nSPS) is 20.7. The molecule has 0 saturated carbocycles. The maximum Gasteiger partial charge on any atom is 0.510 e. The number of aromatic nitrogens is 2. The fourth-order valence-corrected chi connectivity index (χ4v) is 1.78. The number of carbonyl (C=O) groups is 1. The van der Waals surface area contributed by atoms with Crippen molar-refractivity contribution < 1.29 is 28.5 Å². The second kappa shape index (κ2) is 7.90. The van der Waals surface area contributed by atoms with Gasteiger partial charge in [-0.15, -0.1) is 0 Å². The van der Waals surface area contributed by atoms with E-state index in [9.17, 15) is 9.59 Å². The summed E-state index contributed by atoms with van der Waals surface area (Å²) in [7, 11) is 0. The Bertz CT molecular complexity index is 589. The minimum Gasteiger partial charge on any atom is -0.432 e. The van der Waals surface area contributed by atoms with Gasteiger partial charge in [0.15, 0.2) is 19.3 Å². The summed E-state index contributed by atoms with van der Waals surface area (Å²) in [5.41, 5.74) is 4.89. The van der Waals surface area contributed by atoms with Crippen molar-refractivity contribution in [2.45, 2.75) is 32.5 Å². The number of nitrogens with two attached hydrogens (primary N) is 1. The average Bonchev–Trinajstić information content (AvgIpc) is 2.91. The van der Waals surface area contributed by atoms with Crippen LogP contribution in [-0.4, -0.2) is 48.1 Å². The van der Waals surface area contributed by atoms with Gasteiger partial charge in [0.1, 0.15) is 12.4 Å². The molecule has 2 heterocycles. The SMILES string of the molecule is CC(C)OC(=O)OCOCC1OCC(n2ccc(N)nc2=O)O1. The second-order valence-corrected chi connectivity index (χ2v) is 4.95. The van der Waals surface area contributed by atoms with Crippen molar-refractivity contribution in [3.05, 3.63) is 22.7 Å². The number of rotatable bonds is 6. The summed E-state index contributed by atoms with van der Waals surface area (Å²) in [5, 5.41) is 0. The van der Waals surface area contributed by atoms with Gasteiger partial charge in [-0.25, -0.2) is 9.59 Å². The highest BCUT2D eigenvalue weighted by molar-refractivity contribution is 5.59. The summed E-state index contributed by atoms with van der Waals surface area (Å²) in [6.45, 7) is 3.31. The molecule has 1 aromatic rings. The molecule has 23 heavy (non-hydrogen) atoms. The van der Waals surface area contributed by atoms with Crippen molar-refractivity contribution in [3.8, 4) is 0 Å². The fourth-order valence-electron chi connectivity index (χ4n) is 1.78. The molecule has 1 saturated heterocycles. The number of nitrogens with zero attached hydrogens (tertiary/aromatic N) is 2. The van der Waals surface area contributed by atoms with Crippen LogP contribution < -0.4 is 11.4 Å². The highest BCUT2D eigenvalue weighted by Gasteiger charge is 2.28. The lowest BCUT2D eigenvalue weighted by Gasteiger charge is -2.13. The van der Waals surface area contributed by atoms with Crippen molar-refractivity contribution >= 4 is 12.0 Å². The molecule has 0 aromatic carbocycles. The molecule has 0 bridgehead atoms. The Labute approximate surface area is 132 Å². The zero-order valence-corrected chi connectivity index (χ0v) is 12.8. The number of carbonyl (C=O) groups excluding carboxylic acids is 1. The van der Waals surface area contributed by atoms with Crippen LogP contribution in [0.5, 0.6) is 0 Å². The number of ether oxygens (including phenoxy) is 5. The van der Waals surface area contributed by atoms with Crippen LogP contribution in [0.25, 0.3) is 0 Å². The molecule has 0 amide bonds. The molecule has 1 aliphatic heterocycles. The molecule has 2 rings (SSSR count). The molecule has 1 aliphatic rings. The highest BCUT2D eigenvalue weighted by atomic mass is 16.8. The molecule has 128 valence electrons. The topological polar surface area (TPSA) is 124 Å². The van der Waals surface area contributed by atoms with Crippen LogP contribution in [0.15, 0.2) is 17.1 Å². The Morgan fingerprint density at radius 3 is 3.04 bits per heavy atom. The molecule has 10 nitrogen and oxygen atoms in total. The van der Waals surface area contributed by atoms with Crippen molar-refractivity contribution in [2.75, 3.05) is 25.7 Å². The third-order valence-electron chi connectivity index (χ3n) is 2.74. The Hall–Kier alpha value is -2.17. The lowest BCUT2D eigenvalue weighted by Crippen LogP contribution is -2.29. The molecular weight excluding hydrogens is 310 g/mol. The summed E-state index contributed by atoms with van der Waals surface area (Å²) in [5.74, 6) is 0.135. The van der Waals surface area contributed by atoms with Gasteiger partial charge in [0.2, 0.25) is 0 Å². The molecule has 10 heteroatoms. The van der Waals surface area contributed by atoms with Crippen LogP contribution in [0.4, 0.5) is 10.6 Å². The van der Waals surface area contributed by atoms with E-state index in [-0.39, 0.29) is 31.9 Å². The molecule has 1 aromatic heterocycles. The Morgan fingerprint density at radius 1 is 1.57 bits per heavy atom. The maximum atomic E-state index is 11.7. The monoisotopic (exact) mass is 329 g/mol. The number of anilines is 1. The van der Waals surface area contributed by atoms with Crippen LogP contribution in [-0.2, 0) is 23.7 Å². The van der Waals surface area contributed by atoms with Gasteiger partial charge in [-0.1, -0.05) is 0 Å². The third-order valence-corrected chi connectivity index (χ3v) is 2.74. The minimum atomic E-state index is -0.814. The average molecular weight is 329 g/mol. The van der Waals surface area contributed by atoms with E-state index < -0.39 is 24.4 Å². The smallest absolute Gasteiger partial charge is 0.432 e. The molecule has 2 N–H and O–H groups in total. The van der Waals surface area contributed by atoms with E-state index in [0.29, 0.717) is 0 Å². The molecule has 0 radical (unpaired) electrons.